The molecule has 29 heavy (non-hydrogen) atoms. The highest BCUT2D eigenvalue weighted by Gasteiger charge is 2.23. The molecule has 3 aromatic rings. The highest BCUT2D eigenvalue weighted by atomic mass is 32.2. The smallest absolute Gasteiger partial charge is 0.232 e. The lowest BCUT2D eigenvalue weighted by Gasteiger charge is -2.28. The molecule has 0 aliphatic carbocycles. The molecule has 0 radical (unpaired) electrons. The Labute approximate surface area is 180 Å². The Kier molecular flexibility index (Phi) is 5.94. The number of thioether (sulfide) groups is 1. The third kappa shape index (κ3) is 4.49. The molecule has 0 atom stereocenters. The van der Waals surface area contributed by atoms with Crippen LogP contribution in [0.3, 0.4) is 0 Å². The largest absolute Gasteiger partial charge is 0.378 e. The number of hydrogen-bond donors (Lipinski definition) is 0. The summed E-state index contributed by atoms with van der Waals surface area (Å²) in [5.41, 5.74) is 3.50. The number of para-hydroxylation sites is 1. The molecule has 0 spiro atoms. The molecule has 154 valence electrons. The van der Waals surface area contributed by atoms with Gasteiger partial charge >= 0.3 is 0 Å². The van der Waals surface area contributed by atoms with E-state index in [-0.39, 0.29) is 5.41 Å². The van der Waals surface area contributed by atoms with Crippen LogP contribution >= 0.6 is 23.1 Å². The first-order valence-electron chi connectivity index (χ1n) is 9.85. The Bertz CT molecular complexity index is 970. The average Bonchev–Trinajstić information content (AvgIpc) is 3.34. The van der Waals surface area contributed by atoms with Gasteiger partial charge in [-0.15, -0.1) is 21.5 Å². The Morgan fingerprint density at radius 3 is 2.59 bits per heavy atom. The second-order valence-electron chi connectivity index (χ2n) is 8.19. The van der Waals surface area contributed by atoms with Crippen molar-refractivity contribution in [3.63, 3.8) is 0 Å². The van der Waals surface area contributed by atoms with Crippen LogP contribution < -0.4 is 4.90 Å². The van der Waals surface area contributed by atoms with Gasteiger partial charge < -0.3 is 9.64 Å². The summed E-state index contributed by atoms with van der Waals surface area (Å²) in [7, 11) is 0. The molecule has 6 nitrogen and oxygen atoms in total. The quantitative estimate of drug-likeness (QED) is 0.558. The van der Waals surface area contributed by atoms with E-state index in [9.17, 15) is 0 Å². The molecule has 3 heterocycles. The molecule has 0 unspecified atom stereocenters. The second-order valence-corrected chi connectivity index (χ2v) is 9.99. The van der Waals surface area contributed by atoms with E-state index in [2.05, 4.69) is 77.0 Å². The normalized spacial score (nSPS) is 15.1. The average molecular weight is 430 g/mol. The fourth-order valence-corrected chi connectivity index (χ4v) is 5.05. The van der Waals surface area contributed by atoms with E-state index in [0.29, 0.717) is 0 Å². The van der Waals surface area contributed by atoms with Crippen LogP contribution in [0.4, 0.5) is 5.95 Å². The van der Waals surface area contributed by atoms with Gasteiger partial charge in [-0.2, -0.15) is 0 Å². The molecular formula is C21H27N5OS2. The van der Waals surface area contributed by atoms with Gasteiger partial charge in [-0.25, -0.2) is 4.98 Å². The molecule has 1 aliphatic heterocycles. The summed E-state index contributed by atoms with van der Waals surface area (Å²) in [6.07, 6.45) is 0. The number of aryl methyl sites for hydroxylation is 1. The van der Waals surface area contributed by atoms with Gasteiger partial charge in [-0.3, -0.25) is 4.57 Å². The first-order valence-corrected chi connectivity index (χ1v) is 11.7. The highest BCUT2D eigenvalue weighted by molar-refractivity contribution is 7.98. The molecule has 8 heteroatoms. The summed E-state index contributed by atoms with van der Waals surface area (Å²) in [6, 6.07) is 8.39. The van der Waals surface area contributed by atoms with E-state index >= 15 is 0 Å². The number of rotatable bonds is 5. The number of nitrogens with zero attached hydrogens (tertiary/aromatic N) is 5. The molecule has 2 aromatic heterocycles. The number of thiazole rings is 1. The Morgan fingerprint density at radius 1 is 1.14 bits per heavy atom. The first kappa shape index (κ1) is 20.4. The van der Waals surface area contributed by atoms with Gasteiger partial charge in [-0.05, 0) is 18.6 Å². The number of morpholine rings is 1. The van der Waals surface area contributed by atoms with Crippen LogP contribution in [0.1, 0.15) is 37.0 Å². The van der Waals surface area contributed by atoms with Gasteiger partial charge in [0, 0.05) is 29.6 Å². The van der Waals surface area contributed by atoms with Crippen molar-refractivity contribution in [3.8, 4) is 5.69 Å². The van der Waals surface area contributed by atoms with Crippen LogP contribution in [0.5, 0.6) is 0 Å². The van der Waals surface area contributed by atoms with Gasteiger partial charge in [0.25, 0.3) is 0 Å². The molecule has 0 bridgehead atoms. The van der Waals surface area contributed by atoms with Gasteiger partial charge in [-0.1, -0.05) is 50.7 Å². The number of anilines is 1. The molecule has 1 saturated heterocycles. The molecule has 4 rings (SSSR count). The van der Waals surface area contributed by atoms with Crippen molar-refractivity contribution >= 4 is 29.0 Å². The van der Waals surface area contributed by atoms with Gasteiger partial charge in [0.2, 0.25) is 5.95 Å². The summed E-state index contributed by atoms with van der Waals surface area (Å²) in [5.74, 6) is 1.67. The Hall–Kier alpha value is -1.90. The Morgan fingerprint density at radius 2 is 1.90 bits per heavy atom. The molecular weight excluding hydrogens is 402 g/mol. The number of hydrogen-bond acceptors (Lipinski definition) is 7. The molecule has 0 N–H and O–H groups in total. The van der Waals surface area contributed by atoms with Crippen LogP contribution in [-0.2, 0) is 15.9 Å². The van der Waals surface area contributed by atoms with Crippen LogP contribution in [0.15, 0.2) is 34.8 Å². The van der Waals surface area contributed by atoms with E-state index < -0.39 is 0 Å². The van der Waals surface area contributed by atoms with Crippen molar-refractivity contribution in [2.24, 2.45) is 0 Å². The molecule has 1 aliphatic rings. The van der Waals surface area contributed by atoms with Crippen LogP contribution in [0, 0.1) is 6.92 Å². The van der Waals surface area contributed by atoms with Gasteiger partial charge in [0.05, 0.1) is 29.6 Å². The summed E-state index contributed by atoms with van der Waals surface area (Å²) in [5, 5.41) is 13.3. The molecule has 0 saturated carbocycles. The van der Waals surface area contributed by atoms with Crippen molar-refractivity contribution < 1.29 is 4.74 Å². The molecule has 1 fully saturated rings. The van der Waals surface area contributed by atoms with Gasteiger partial charge in [0.15, 0.2) is 5.16 Å². The maximum Gasteiger partial charge on any atom is 0.232 e. The van der Waals surface area contributed by atoms with Crippen molar-refractivity contribution in [2.45, 2.75) is 44.0 Å². The molecule has 0 amide bonds. The number of aromatic nitrogens is 4. The summed E-state index contributed by atoms with van der Waals surface area (Å²) < 4.78 is 7.70. The van der Waals surface area contributed by atoms with Crippen LogP contribution in [0.2, 0.25) is 0 Å². The third-order valence-electron chi connectivity index (χ3n) is 4.81. The van der Waals surface area contributed by atoms with E-state index in [1.807, 2.05) is 0 Å². The zero-order valence-corrected chi connectivity index (χ0v) is 19.0. The lowest BCUT2D eigenvalue weighted by molar-refractivity contribution is 0.122. The predicted molar refractivity (Wildman–Crippen MR) is 120 cm³/mol. The first-order chi connectivity index (χ1) is 13.9. The molecule has 1 aromatic carbocycles. The maximum absolute atomic E-state index is 5.52. The van der Waals surface area contributed by atoms with Crippen molar-refractivity contribution in [1.82, 2.24) is 19.7 Å². The predicted octanol–water partition coefficient (Wildman–Crippen LogP) is 4.46. The van der Waals surface area contributed by atoms with Crippen LogP contribution in [0.25, 0.3) is 5.69 Å². The van der Waals surface area contributed by atoms with E-state index in [1.54, 1.807) is 23.1 Å². The maximum atomic E-state index is 5.52. The topological polar surface area (TPSA) is 56.1 Å². The lowest BCUT2D eigenvalue weighted by Crippen LogP contribution is -2.38. The minimum absolute atomic E-state index is 0.0816. The zero-order valence-electron chi connectivity index (χ0n) is 17.4. The lowest BCUT2D eigenvalue weighted by atomic mass is 9.98. The zero-order chi connectivity index (χ0) is 20.4. The summed E-state index contributed by atoms with van der Waals surface area (Å²) in [6.45, 7) is 11.8. The van der Waals surface area contributed by atoms with E-state index in [1.165, 1.54) is 10.6 Å². The number of benzene rings is 1. The monoisotopic (exact) mass is 429 g/mol. The fraction of sp³-hybridized carbons (Fsp3) is 0.476. The minimum Gasteiger partial charge on any atom is -0.378 e. The standard InChI is InChI=1S/C21H27N5OS2/c1-15-7-5-6-8-17(15)26-19(25-9-11-27-12-10-25)23-24-20(26)29-14-16-13-28-18(22-16)21(2,3)4/h5-8,13H,9-12,14H2,1-4H3. The van der Waals surface area contributed by atoms with E-state index in [4.69, 9.17) is 9.72 Å². The van der Waals surface area contributed by atoms with E-state index in [0.717, 1.165) is 54.5 Å². The minimum atomic E-state index is 0.0816. The Balaban J connectivity index is 1.63. The SMILES string of the molecule is Cc1ccccc1-n1c(SCc2csc(C(C)(C)C)n2)nnc1N1CCOCC1. The van der Waals surface area contributed by atoms with Crippen molar-refractivity contribution in [1.29, 1.82) is 0 Å². The van der Waals surface area contributed by atoms with Crippen molar-refractivity contribution in [2.75, 3.05) is 31.2 Å². The van der Waals surface area contributed by atoms with Gasteiger partial charge in [0.1, 0.15) is 0 Å². The van der Waals surface area contributed by atoms with Crippen LogP contribution in [-0.4, -0.2) is 46.1 Å². The number of ether oxygens (including phenoxy) is 1. The second kappa shape index (κ2) is 8.45. The van der Waals surface area contributed by atoms with Crippen molar-refractivity contribution in [3.05, 3.63) is 45.9 Å². The summed E-state index contributed by atoms with van der Waals surface area (Å²) >= 11 is 3.42. The summed E-state index contributed by atoms with van der Waals surface area (Å²) in [4.78, 5) is 7.08. The third-order valence-corrected chi connectivity index (χ3v) is 7.09. The fourth-order valence-electron chi connectivity index (χ4n) is 3.21. The highest BCUT2D eigenvalue weighted by Crippen LogP contribution is 2.32.